The van der Waals surface area contributed by atoms with Crippen molar-refractivity contribution < 1.29 is 0 Å². The molecule has 0 spiro atoms. The van der Waals surface area contributed by atoms with E-state index in [1.807, 2.05) is 25.1 Å². The number of nitroso groups, excluding NO2 is 1. The van der Waals surface area contributed by atoms with Gasteiger partial charge in [0.15, 0.2) is 0 Å². The Morgan fingerprint density at radius 2 is 2.18 bits per heavy atom. The van der Waals surface area contributed by atoms with Crippen molar-refractivity contribution in [2.45, 2.75) is 20.3 Å². The molecule has 0 amide bonds. The van der Waals surface area contributed by atoms with Crippen molar-refractivity contribution in [1.29, 1.82) is 0 Å². The van der Waals surface area contributed by atoms with Gasteiger partial charge in [0.2, 0.25) is 0 Å². The van der Waals surface area contributed by atoms with E-state index < -0.39 is 0 Å². The number of nitrogens with zero attached hydrogens (tertiary/aromatic N) is 1. The maximum atomic E-state index is 10.2. The van der Waals surface area contributed by atoms with Crippen LogP contribution in [0.2, 0.25) is 0 Å². The van der Waals surface area contributed by atoms with Gasteiger partial charge in [-0.15, -0.1) is 4.91 Å². The Morgan fingerprint density at radius 3 is 2.73 bits per heavy atom. The molecule has 1 aromatic rings. The molecule has 0 aromatic heterocycles. The van der Waals surface area contributed by atoms with Crippen LogP contribution in [0.3, 0.4) is 0 Å². The quantitative estimate of drug-likeness (QED) is 0.594. The molecule has 0 aliphatic carbocycles. The number of hydrogen-bond donors (Lipinski definition) is 0. The van der Waals surface area contributed by atoms with Gasteiger partial charge in [0.05, 0.1) is 0 Å². The fourth-order valence-corrected chi connectivity index (χ4v) is 0.973. The topological polar surface area (TPSA) is 29.4 Å². The largest absolute Gasteiger partial charge is 0.145 e. The summed E-state index contributed by atoms with van der Waals surface area (Å²) in [6.07, 6.45) is 0.947. The van der Waals surface area contributed by atoms with Crippen molar-refractivity contribution in [3.05, 3.63) is 34.2 Å². The van der Waals surface area contributed by atoms with Gasteiger partial charge in [0.25, 0.3) is 0 Å². The zero-order valence-corrected chi connectivity index (χ0v) is 6.79. The number of benzene rings is 1. The lowest BCUT2D eigenvalue weighted by molar-refractivity contribution is 1.13. The highest BCUT2D eigenvalue weighted by Gasteiger charge is 1.97. The average molecular weight is 149 g/mol. The summed E-state index contributed by atoms with van der Waals surface area (Å²) in [4.78, 5) is 10.2. The number of hydrogen-bond acceptors (Lipinski definition) is 2. The number of aryl methyl sites for hydroxylation is 2. The van der Waals surface area contributed by atoms with Crippen molar-refractivity contribution in [3.63, 3.8) is 0 Å². The molecule has 0 fully saturated rings. The second-order valence-corrected chi connectivity index (χ2v) is 2.57. The fraction of sp³-hybridized carbons (Fsp3) is 0.333. The van der Waals surface area contributed by atoms with Crippen molar-refractivity contribution >= 4 is 5.69 Å². The highest BCUT2D eigenvalue weighted by atomic mass is 16.3. The molecule has 0 N–H and O–H groups in total. The lowest BCUT2D eigenvalue weighted by atomic mass is 10.1. The van der Waals surface area contributed by atoms with Gasteiger partial charge in [-0.2, -0.15) is 0 Å². The van der Waals surface area contributed by atoms with Crippen LogP contribution in [0.5, 0.6) is 0 Å². The van der Waals surface area contributed by atoms with Crippen LogP contribution in [0.4, 0.5) is 5.69 Å². The van der Waals surface area contributed by atoms with Gasteiger partial charge in [-0.05, 0) is 35.7 Å². The third kappa shape index (κ3) is 1.64. The predicted octanol–water partition coefficient (Wildman–Crippen LogP) is 2.96. The Kier molecular flexibility index (Phi) is 2.36. The molecule has 2 nitrogen and oxygen atoms in total. The molecule has 0 saturated carbocycles. The Bertz CT molecular complexity index is 268. The monoisotopic (exact) mass is 149 g/mol. The highest BCUT2D eigenvalue weighted by molar-refractivity contribution is 5.47. The molecular formula is C9H11NO. The van der Waals surface area contributed by atoms with E-state index in [-0.39, 0.29) is 0 Å². The summed E-state index contributed by atoms with van der Waals surface area (Å²) in [7, 11) is 0. The molecule has 1 aromatic carbocycles. The molecule has 58 valence electrons. The maximum Gasteiger partial charge on any atom is 0.111 e. The van der Waals surface area contributed by atoms with Gasteiger partial charge in [-0.25, -0.2) is 0 Å². The highest BCUT2D eigenvalue weighted by Crippen LogP contribution is 2.19. The lowest BCUT2D eigenvalue weighted by Gasteiger charge is -1.98. The Balaban J connectivity index is 3.12. The molecule has 0 unspecified atom stereocenters. The minimum absolute atomic E-state index is 0.560. The normalized spacial score (nSPS) is 9.64. The van der Waals surface area contributed by atoms with Gasteiger partial charge in [-0.3, -0.25) is 0 Å². The first kappa shape index (κ1) is 7.92. The van der Waals surface area contributed by atoms with Crippen LogP contribution >= 0.6 is 0 Å². The Morgan fingerprint density at radius 1 is 1.45 bits per heavy atom. The second-order valence-electron chi connectivity index (χ2n) is 2.57. The predicted molar refractivity (Wildman–Crippen MR) is 46.0 cm³/mol. The van der Waals surface area contributed by atoms with Gasteiger partial charge in [0.1, 0.15) is 5.69 Å². The first-order valence-corrected chi connectivity index (χ1v) is 3.70. The first-order chi connectivity index (χ1) is 5.27. The van der Waals surface area contributed by atoms with Gasteiger partial charge in [-0.1, -0.05) is 19.1 Å². The summed E-state index contributed by atoms with van der Waals surface area (Å²) >= 11 is 0. The average Bonchev–Trinajstić information content (AvgIpc) is 2.05. The van der Waals surface area contributed by atoms with Gasteiger partial charge in [0, 0.05) is 0 Å². The fourth-order valence-electron chi connectivity index (χ4n) is 0.973. The summed E-state index contributed by atoms with van der Waals surface area (Å²) in [5, 5.41) is 2.93. The zero-order valence-electron chi connectivity index (χ0n) is 6.79. The van der Waals surface area contributed by atoms with Crippen LogP contribution in [0.15, 0.2) is 23.4 Å². The number of rotatable bonds is 2. The molecule has 0 aliphatic heterocycles. The third-order valence-corrected chi connectivity index (χ3v) is 1.78. The van der Waals surface area contributed by atoms with Crippen molar-refractivity contribution in [1.82, 2.24) is 0 Å². The van der Waals surface area contributed by atoms with Crippen molar-refractivity contribution in [2.75, 3.05) is 0 Å². The van der Waals surface area contributed by atoms with E-state index in [1.165, 1.54) is 0 Å². The molecule has 0 saturated heterocycles. The Labute approximate surface area is 66.2 Å². The van der Waals surface area contributed by atoms with Crippen LogP contribution in [0.25, 0.3) is 0 Å². The Hall–Kier alpha value is -1.18. The van der Waals surface area contributed by atoms with Crippen LogP contribution < -0.4 is 0 Å². The summed E-state index contributed by atoms with van der Waals surface area (Å²) < 4.78 is 0. The third-order valence-electron chi connectivity index (χ3n) is 1.78. The van der Waals surface area contributed by atoms with E-state index in [4.69, 9.17) is 0 Å². The van der Waals surface area contributed by atoms with Gasteiger partial charge >= 0.3 is 0 Å². The molecule has 0 bridgehead atoms. The van der Waals surface area contributed by atoms with Crippen LogP contribution in [0.1, 0.15) is 18.1 Å². The maximum absolute atomic E-state index is 10.2. The summed E-state index contributed by atoms with van der Waals surface area (Å²) in [5.41, 5.74) is 2.66. The smallest absolute Gasteiger partial charge is 0.111 e. The van der Waals surface area contributed by atoms with E-state index >= 15 is 0 Å². The molecular weight excluding hydrogens is 138 g/mol. The minimum atomic E-state index is 0.560. The van der Waals surface area contributed by atoms with Crippen LogP contribution in [-0.2, 0) is 6.42 Å². The first-order valence-electron chi connectivity index (χ1n) is 3.70. The molecule has 0 radical (unpaired) electrons. The van der Waals surface area contributed by atoms with E-state index in [0.717, 1.165) is 17.5 Å². The van der Waals surface area contributed by atoms with E-state index in [9.17, 15) is 4.91 Å². The summed E-state index contributed by atoms with van der Waals surface area (Å²) in [6.45, 7) is 3.94. The van der Waals surface area contributed by atoms with Crippen molar-refractivity contribution in [3.8, 4) is 0 Å². The van der Waals surface area contributed by atoms with Crippen molar-refractivity contribution in [2.24, 2.45) is 5.18 Å². The lowest BCUT2D eigenvalue weighted by Crippen LogP contribution is -1.80. The van der Waals surface area contributed by atoms with Crippen LogP contribution in [0, 0.1) is 11.8 Å². The minimum Gasteiger partial charge on any atom is -0.145 e. The summed E-state index contributed by atoms with van der Waals surface area (Å²) in [6, 6.07) is 5.78. The standard InChI is InChI=1S/C9H11NO/c1-3-8-5-4-7(2)9(6-8)10-11/h4-6H,3H2,1-2H3. The molecule has 0 heterocycles. The summed E-state index contributed by atoms with van der Waals surface area (Å²) in [5.74, 6) is 0. The SMILES string of the molecule is CCc1ccc(C)c(N=O)c1. The van der Waals surface area contributed by atoms with Crippen LogP contribution in [-0.4, -0.2) is 0 Å². The molecule has 0 aliphatic rings. The van der Waals surface area contributed by atoms with E-state index in [0.29, 0.717) is 5.69 Å². The van der Waals surface area contributed by atoms with Gasteiger partial charge < -0.3 is 0 Å². The molecule has 0 atom stereocenters. The molecule has 11 heavy (non-hydrogen) atoms. The van der Waals surface area contributed by atoms with E-state index in [1.54, 1.807) is 0 Å². The molecule has 2 heteroatoms. The molecule has 1 rings (SSSR count). The zero-order chi connectivity index (χ0) is 8.27. The van der Waals surface area contributed by atoms with E-state index in [2.05, 4.69) is 12.1 Å². The second kappa shape index (κ2) is 3.28.